The molecule has 4 aliphatic rings. The van der Waals surface area contributed by atoms with Gasteiger partial charge in [0.15, 0.2) is 0 Å². The van der Waals surface area contributed by atoms with Crippen LogP contribution >= 0.6 is 0 Å². The minimum Gasteiger partial charge on any atom is -0.192 e. The molecule has 0 aromatic heterocycles. The Morgan fingerprint density at radius 2 is 0.549 bits per heavy atom. The Morgan fingerprint density at radius 1 is 0.293 bits per heavy atom. The third-order valence-corrected chi connectivity index (χ3v) is 21.5. The van der Waals surface area contributed by atoms with Crippen molar-refractivity contribution in [1.29, 1.82) is 10.5 Å². The van der Waals surface area contributed by atoms with E-state index in [1.54, 1.807) is 22.3 Å². The Labute approximate surface area is 495 Å². The molecule has 0 fully saturated rings. The van der Waals surface area contributed by atoms with Crippen LogP contribution < -0.4 is 0 Å². The summed E-state index contributed by atoms with van der Waals surface area (Å²) in [7, 11) is 0. The summed E-state index contributed by atoms with van der Waals surface area (Å²) in [6.07, 6.45) is 35.7. The van der Waals surface area contributed by atoms with E-state index < -0.39 is 0 Å². The molecule has 0 heterocycles. The molecule has 0 N–H and O–H groups in total. The molecule has 0 saturated heterocycles. The summed E-state index contributed by atoms with van der Waals surface area (Å²) < 4.78 is 0. The number of hydrogen-bond donors (Lipinski definition) is 0. The third-order valence-electron chi connectivity index (χ3n) is 21.5. The summed E-state index contributed by atoms with van der Waals surface area (Å²) in [5, 5.41) is 25.9. The van der Waals surface area contributed by atoms with Crippen LogP contribution in [0.5, 0.6) is 0 Å². The molecule has 7 aromatic rings. The van der Waals surface area contributed by atoms with Crippen molar-refractivity contribution in [2.24, 2.45) is 0 Å². The maximum atomic E-state index is 10.7. The smallest absolute Gasteiger partial charge is 0.0998 e. The minimum absolute atomic E-state index is 0.123. The van der Waals surface area contributed by atoms with Crippen molar-refractivity contribution < 1.29 is 0 Å². The first-order chi connectivity index (χ1) is 39.9. The first-order valence-corrected chi connectivity index (χ1v) is 33.5. The fourth-order valence-electron chi connectivity index (χ4n) is 17.0. The SMILES string of the molecule is CCCCCCCCC1(CCCCCCCC)c2cc3c(cc2-c2cc4c(cc21)-c1cc2c(cc1C4(CCCCCCCC)CCCCCCCC)-c1c(cc(C#N)c4ccccc14)C2(C)C)C(C)(C)c1cc(C#N)c2ccccc2c1-3. The van der Waals surface area contributed by atoms with Gasteiger partial charge in [0.2, 0.25) is 0 Å². The van der Waals surface area contributed by atoms with E-state index in [0.717, 1.165) is 21.9 Å². The maximum absolute atomic E-state index is 10.7. The number of rotatable bonds is 28. The molecule has 2 nitrogen and oxygen atoms in total. The molecule has 0 amide bonds. The molecule has 4 aliphatic carbocycles. The molecule has 0 bridgehead atoms. The summed E-state index contributed by atoms with van der Waals surface area (Å²) in [5.41, 5.74) is 24.1. The third kappa shape index (κ3) is 9.87. The molecule has 0 atom stereocenters. The molecule has 0 unspecified atom stereocenters. The van der Waals surface area contributed by atoms with E-state index in [9.17, 15) is 10.5 Å². The second kappa shape index (κ2) is 24.3. The lowest BCUT2D eigenvalue weighted by atomic mass is 9.68. The Kier molecular flexibility index (Phi) is 17.2. The van der Waals surface area contributed by atoms with Gasteiger partial charge in [-0.15, -0.1) is 0 Å². The van der Waals surface area contributed by atoms with Gasteiger partial charge in [-0.3, -0.25) is 0 Å². The van der Waals surface area contributed by atoms with E-state index in [1.165, 1.54) is 257 Å². The highest BCUT2D eigenvalue weighted by Crippen LogP contribution is 2.65. The zero-order valence-corrected chi connectivity index (χ0v) is 51.9. The van der Waals surface area contributed by atoms with Crippen molar-refractivity contribution in [2.75, 3.05) is 0 Å². The van der Waals surface area contributed by atoms with Gasteiger partial charge in [-0.05, 0) is 174 Å². The van der Waals surface area contributed by atoms with Crippen LogP contribution in [0.1, 0.15) is 291 Å². The largest absolute Gasteiger partial charge is 0.192 e. The van der Waals surface area contributed by atoms with Gasteiger partial charge in [0.05, 0.1) is 23.3 Å². The van der Waals surface area contributed by atoms with Crippen molar-refractivity contribution in [3.8, 4) is 56.6 Å². The van der Waals surface area contributed by atoms with Gasteiger partial charge < -0.3 is 0 Å². The number of nitriles is 2. The molecule has 11 rings (SSSR count). The van der Waals surface area contributed by atoms with Crippen LogP contribution in [0.4, 0.5) is 0 Å². The van der Waals surface area contributed by atoms with Crippen molar-refractivity contribution in [3.63, 3.8) is 0 Å². The van der Waals surface area contributed by atoms with E-state index in [0.29, 0.717) is 0 Å². The Morgan fingerprint density at radius 3 is 0.841 bits per heavy atom. The van der Waals surface area contributed by atoms with Crippen molar-refractivity contribution >= 4 is 21.5 Å². The lowest BCUT2D eigenvalue weighted by molar-refractivity contribution is 0.394. The average Bonchev–Trinajstić information content (AvgIpc) is 1.76. The fourth-order valence-corrected chi connectivity index (χ4v) is 17.0. The molecule has 2 heteroatoms. The maximum Gasteiger partial charge on any atom is 0.0998 e. The summed E-state index contributed by atoms with van der Waals surface area (Å²) in [6.45, 7) is 19.1. The van der Waals surface area contributed by atoms with Crippen LogP contribution in [0, 0.1) is 22.7 Å². The predicted molar refractivity (Wildman–Crippen MR) is 350 cm³/mol. The summed E-state index contributed by atoms with van der Waals surface area (Å²) in [6, 6.07) is 43.9. The predicted octanol–water partition coefficient (Wildman–Crippen LogP) is 23.9. The molecule has 7 aromatic carbocycles. The van der Waals surface area contributed by atoms with E-state index in [-0.39, 0.29) is 21.7 Å². The van der Waals surface area contributed by atoms with Gasteiger partial charge in [-0.25, -0.2) is 0 Å². The number of unbranched alkanes of at least 4 members (excludes halogenated alkanes) is 20. The van der Waals surface area contributed by atoms with E-state index in [4.69, 9.17) is 0 Å². The molecule has 82 heavy (non-hydrogen) atoms. The van der Waals surface area contributed by atoms with Gasteiger partial charge in [-0.2, -0.15) is 10.5 Å². The highest BCUT2D eigenvalue weighted by atomic mass is 14.5. The second-order valence-electron chi connectivity index (χ2n) is 27.3. The molecular weight excluding hydrogens is 989 g/mol. The van der Waals surface area contributed by atoms with Gasteiger partial charge in [0.25, 0.3) is 0 Å². The minimum atomic E-state index is -0.270. The van der Waals surface area contributed by atoms with Gasteiger partial charge in [0, 0.05) is 32.4 Å². The van der Waals surface area contributed by atoms with Gasteiger partial charge in [-0.1, -0.05) is 258 Å². The lowest BCUT2D eigenvalue weighted by Gasteiger charge is -2.35. The van der Waals surface area contributed by atoms with Crippen molar-refractivity contribution in [2.45, 2.75) is 257 Å². The standard InChI is InChI=1S/C80H96N2/c1-9-13-17-21-25-33-41-79(42-34-26-22-18-14-10-2)69-49-64-62-48-68-66(76-60-40-32-30-38-58(60)56(54-82)46-74(76)78(68,7)8)52-72(62)80(43-35-27-23-19-15-11-3,44-36-28-24-20-16-12-4)70(64)50-63(69)61-47-67-65(51-71(61)79)75-59-39-31-29-37-57(59)55(53-81)45-73(75)77(67,5)6/h29-32,37-40,45-52H,9-28,33-36,41-44H2,1-8H3. The molecule has 0 saturated carbocycles. The summed E-state index contributed by atoms with van der Waals surface area (Å²) >= 11 is 0. The molecule has 426 valence electrons. The Bertz CT molecular complexity index is 3310. The van der Waals surface area contributed by atoms with Crippen LogP contribution in [-0.4, -0.2) is 0 Å². The zero-order chi connectivity index (χ0) is 57.2. The summed E-state index contributed by atoms with van der Waals surface area (Å²) in [5.74, 6) is 0. The lowest BCUT2D eigenvalue weighted by Crippen LogP contribution is -2.27. The number of fused-ring (bicyclic) bond motifs is 16. The zero-order valence-electron chi connectivity index (χ0n) is 51.9. The average molecular weight is 1090 g/mol. The molecular formula is C80H96N2. The van der Waals surface area contributed by atoms with E-state index in [2.05, 4.69) is 165 Å². The van der Waals surface area contributed by atoms with Crippen LogP contribution in [0.2, 0.25) is 0 Å². The molecule has 0 aliphatic heterocycles. The van der Waals surface area contributed by atoms with Crippen molar-refractivity contribution in [3.05, 3.63) is 153 Å². The van der Waals surface area contributed by atoms with Crippen LogP contribution in [0.3, 0.4) is 0 Å². The van der Waals surface area contributed by atoms with Crippen LogP contribution in [0.15, 0.2) is 97.1 Å². The number of hydrogen-bond acceptors (Lipinski definition) is 2. The first kappa shape index (κ1) is 57.8. The molecule has 0 spiro atoms. The quantitative estimate of drug-likeness (QED) is 0.0459. The Balaban J connectivity index is 1.17. The fraction of sp³-hybridized carbons (Fsp3) is 0.500. The highest BCUT2D eigenvalue weighted by Gasteiger charge is 2.51. The monoisotopic (exact) mass is 1080 g/mol. The highest BCUT2D eigenvalue weighted by molar-refractivity contribution is 6.08. The van der Waals surface area contributed by atoms with Gasteiger partial charge >= 0.3 is 0 Å². The molecule has 0 radical (unpaired) electrons. The topological polar surface area (TPSA) is 47.6 Å². The number of benzene rings is 7. The van der Waals surface area contributed by atoms with Crippen LogP contribution in [-0.2, 0) is 21.7 Å². The van der Waals surface area contributed by atoms with E-state index >= 15 is 0 Å². The van der Waals surface area contributed by atoms with Crippen LogP contribution in [0.25, 0.3) is 66.1 Å². The second-order valence-corrected chi connectivity index (χ2v) is 27.3. The Hall–Kier alpha value is -5.96. The normalized spacial score (nSPS) is 15.6. The van der Waals surface area contributed by atoms with Crippen molar-refractivity contribution in [1.82, 2.24) is 0 Å². The summed E-state index contributed by atoms with van der Waals surface area (Å²) in [4.78, 5) is 0. The van der Waals surface area contributed by atoms with Gasteiger partial charge in [0.1, 0.15) is 0 Å². The number of nitrogens with zero attached hydrogens (tertiary/aromatic N) is 2. The van der Waals surface area contributed by atoms with E-state index in [1.807, 2.05) is 0 Å². The first-order valence-electron chi connectivity index (χ1n) is 33.5.